The third-order valence-electron chi connectivity index (χ3n) is 3.64. The fourth-order valence-corrected chi connectivity index (χ4v) is 3.05. The summed E-state index contributed by atoms with van der Waals surface area (Å²) in [7, 11) is 1.26. The van der Waals surface area contributed by atoms with Gasteiger partial charge in [0.05, 0.1) is 18.5 Å². The van der Waals surface area contributed by atoms with Gasteiger partial charge in [-0.3, -0.25) is 14.9 Å². The molecule has 0 heterocycles. The Morgan fingerprint density at radius 2 is 1.88 bits per heavy atom. The fraction of sp³-hybridized carbons (Fsp3) is 0.222. The van der Waals surface area contributed by atoms with Gasteiger partial charge in [0.2, 0.25) is 5.91 Å². The maximum atomic E-state index is 12.3. The van der Waals surface area contributed by atoms with Gasteiger partial charge in [-0.15, -0.1) is 0 Å². The molecule has 0 aliphatic rings. The van der Waals surface area contributed by atoms with Crippen molar-refractivity contribution in [3.8, 4) is 0 Å². The number of halogens is 1. The van der Waals surface area contributed by atoms with E-state index in [1.165, 1.54) is 25.3 Å². The van der Waals surface area contributed by atoms with Gasteiger partial charge in [0, 0.05) is 22.1 Å². The predicted molar refractivity (Wildman–Crippen MR) is 104 cm³/mol. The third kappa shape index (κ3) is 5.80. The van der Waals surface area contributed by atoms with Gasteiger partial charge < -0.3 is 10.1 Å². The number of nitrogens with one attached hydrogen (secondary N) is 1. The lowest BCUT2D eigenvalue weighted by Crippen LogP contribution is -2.43. The number of rotatable bonds is 7. The minimum Gasteiger partial charge on any atom is -0.467 e. The molecule has 7 nitrogen and oxygen atoms in total. The zero-order chi connectivity index (χ0) is 19.1. The largest absolute Gasteiger partial charge is 0.467 e. The number of non-ortho nitro benzene ring substituents is 1. The molecule has 1 atom stereocenters. The van der Waals surface area contributed by atoms with E-state index in [0.717, 1.165) is 9.13 Å². The lowest BCUT2D eigenvalue weighted by atomic mass is 10.1. The smallest absolute Gasteiger partial charge is 0.328 e. The summed E-state index contributed by atoms with van der Waals surface area (Å²) >= 11 is 2.17. The first-order valence-corrected chi connectivity index (χ1v) is 8.82. The molecule has 2 aromatic carbocycles. The van der Waals surface area contributed by atoms with E-state index in [1.807, 2.05) is 24.3 Å². The highest BCUT2D eigenvalue weighted by Gasteiger charge is 2.22. The van der Waals surface area contributed by atoms with E-state index in [4.69, 9.17) is 4.74 Å². The van der Waals surface area contributed by atoms with Crippen molar-refractivity contribution in [2.45, 2.75) is 18.9 Å². The van der Waals surface area contributed by atoms with Gasteiger partial charge >= 0.3 is 5.97 Å². The van der Waals surface area contributed by atoms with Crippen LogP contribution in [0.4, 0.5) is 5.69 Å². The van der Waals surface area contributed by atoms with Crippen molar-refractivity contribution in [1.29, 1.82) is 0 Å². The van der Waals surface area contributed by atoms with E-state index in [9.17, 15) is 19.7 Å². The second-order valence-electron chi connectivity index (χ2n) is 5.58. The normalized spacial score (nSPS) is 11.5. The fourth-order valence-electron chi connectivity index (χ4n) is 2.45. The number of amides is 1. The van der Waals surface area contributed by atoms with Crippen molar-refractivity contribution in [1.82, 2.24) is 5.32 Å². The molecule has 8 heteroatoms. The van der Waals surface area contributed by atoms with Crippen LogP contribution in [-0.2, 0) is 27.2 Å². The molecule has 0 bridgehead atoms. The van der Waals surface area contributed by atoms with Crippen LogP contribution in [0.1, 0.15) is 11.1 Å². The van der Waals surface area contributed by atoms with Gasteiger partial charge in [-0.05, 0) is 45.9 Å². The highest BCUT2D eigenvalue weighted by Crippen LogP contribution is 2.14. The third-order valence-corrected chi connectivity index (χ3v) is 4.31. The first-order chi connectivity index (χ1) is 12.4. The Morgan fingerprint density at radius 1 is 1.19 bits per heavy atom. The van der Waals surface area contributed by atoms with E-state index in [2.05, 4.69) is 27.9 Å². The molecule has 0 saturated heterocycles. The predicted octanol–water partition coefficient (Wildman–Crippen LogP) is 2.64. The number of hydrogen-bond donors (Lipinski definition) is 1. The first-order valence-electron chi connectivity index (χ1n) is 7.74. The minimum absolute atomic E-state index is 0.0680. The summed E-state index contributed by atoms with van der Waals surface area (Å²) in [6.07, 6.45) is 0.228. The highest BCUT2D eigenvalue weighted by molar-refractivity contribution is 14.1. The van der Waals surface area contributed by atoms with Gasteiger partial charge in [-0.25, -0.2) is 4.79 Å². The second-order valence-corrected chi connectivity index (χ2v) is 6.83. The minimum atomic E-state index is -0.829. The molecule has 0 aliphatic heterocycles. The van der Waals surface area contributed by atoms with Crippen LogP contribution >= 0.6 is 22.6 Å². The Hall–Kier alpha value is -2.49. The lowest BCUT2D eigenvalue weighted by molar-refractivity contribution is -0.384. The van der Waals surface area contributed by atoms with Crippen LogP contribution in [-0.4, -0.2) is 30.0 Å². The maximum absolute atomic E-state index is 12.3. The Labute approximate surface area is 164 Å². The molecule has 0 aromatic heterocycles. The monoisotopic (exact) mass is 468 g/mol. The lowest BCUT2D eigenvalue weighted by Gasteiger charge is -2.17. The summed E-state index contributed by atoms with van der Waals surface area (Å²) < 4.78 is 5.79. The van der Waals surface area contributed by atoms with Gasteiger partial charge in [0.15, 0.2) is 0 Å². The molecular formula is C18H17IN2O5. The molecular weight excluding hydrogens is 451 g/mol. The van der Waals surface area contributed by atoms with Crippen LogP contribution in [0.3, 0.4) is 0 Å². The van der Waals surface area contributed by atoms with Gasteiger partial charge in [-0.1, -0.05) is 24.3 Å². The van der Waals surface area contributed by atoms with E-state index < -0.39 is 22.8 Å². The van der Waals surface area contributed by atoms with Gasteiger partial charge in [0.1, 0.15) is 6.04 Å². The SMILES string of the molecule is COC(=O)[C@@H](Cc1cccc(I)c1)NC(=O)Cc1cccc([N+](=O)[O-])c1. The van der Waals surface area contributed by atoms with E-state index in [1.54, 1.807) is 6.07 Å². The maximum Gasteiger partial charge on any atom is 0.328 e. The summed E-state index contributed by atoms with van der Waals surface area (Å²) in [4.78, 5) is 34.6. The van der Waals surface area contributed by atoms with Crippen molar-refractivity contribution >= 4 is 40.2 Å². The number of nitrogens with zero attached hydrogens (tertiary/aromatic N) is 1. The number of hydrogen-bond acceptors (Lipinski definition) is 5. The van der Waals surface area contributed by atoms with Crippen molar-refractivity contribution in [3.05, 3.63) is 73.3 Å². The van der Waals surface area contributed by atoms with E-state index >= 15 is 0 Å². The van der Waals surface area contributed by atoms with Gasteiger partial charge in [0.25, 0.3) is 5.69 Å². The number of nitro groups is 1. The molecule has 1 amide bonds. The molecule has 0 aliphatic carbocycles. The Morgan fingerprint density at radius 3 is 2.54 bits per heavy atom. The Balaban J connectivity index is 2.07. The molecule has 0 saturated carbocycles. The van der Waals surface area contributed by atoms with Crippen molar-refractivity contribution in [3.63, 3.8) is 0 Å². The number of esters is 1. The highest BCUT2D eigenvalue weighted by atomic mass is 127. The first kappa shape index (κ1) is 19.8. The number of carbonyl (C=O) groups excluding carboxylic acids is 2. The molecule has 2 rings (SSSR count). The van der Waals surface area contributed by atoms with E-state index in [0.29, 0.717) is 12.0 Å². The molecule has 0 unspecified atom stereocenters. The van der Waals surface area contributed by atoms with Crippen LogP contribution in [0.25, 0.3) is 0 Å². The summed E-state index contributed by atoms with van der Waals surface area (Å²) in [6, 6.07) is 12.6. The average molecular weight is 468 g/mol. The number of carbonyl (C=O) groups is 2. The van der Waals surface area contributed by atoms with Crippen LogP contribution in [0.5, 0.6) is 0 Å². The number of methoxy groups -OCH3 is 1. The average Bonchev–Trinajstić information content (AvgIpc) is 2.60. The number of nitro benzene ring substituents is 1. The number of benzene rings is 2. The van der Waals surface area contributed by atoms with Crippen LogP contribution in [0.2, 0.25) is 0 Å². The zero-order valence-electron chi connectivity index (χ0n) is 14.0. The molecule has 26 heavy (non-hydrogen) atoms. The summed E-state index contributed by atoms with van der Waals surface area (Å²) in [5.41, 5.74) is 1.30. The summed E-state index contributed by atoms with van der Waals surface area (Å²) in [6.45, 7) is 0. The van der Waals surface area contributed by atoms with Crippen LogP contribution in [0, 0.1) is 13.7 Å². The van der Waals surface area contributed by atoms with Crippen molar-refractivity contribution in [2.24, 2.45) is 0 Å². The second kappa shape index (κ2) is 9.27. The Bertz CT molecular complexity index is 825. The molecule has 1 N–H and O–H groups in total. The summed E-state index contributed by atoms with van der Waals surface area (Å²) in [5.74, 6) is -0.956. The zero-order valence-corrected chi connectivity index (χ0v) is 16.1. The van der Waals surface area contributed by atoms with Crippen LogP contribution in [0.15, 0.2) is 48.5 Å². The standard InChI is InChI=1S/C18H17IN2O5/c1-26-18(23)16(10-12-4-2-6-14(19)8-12)20-17(22)11-13-5-3-7-15(9-13)21(24)25/h2-9,16H,10-11H2,1H3,(H,20,22)/t16-/m1/s1. The van der Waals surface area contributed by atoms with Crippen molar-refractivity contribution < 1.29 is 19.2 Å². The molecule has 0 radical (unpaired) electrons. The molecule has 2 aromatic rings. The molecule has 0 fully saturated rings. The number of ether oxygens (including phenoxy) is 1. The summed E-state index contributed by atoms with van der Waals surface area (Å²) in [5, 5.41) is 13.5. The Kier molecular flexibility index (Phi) is 7.07. The van der Waals surface area contributed by atoms with Gasteiger partial charge in [-0.2, -0.15) is 0 Å². The quantitative estimate of drug-likeness (QED) is 0.292. The van der Waals surface area contributed by atoms with E-state index in [-0.39, 0.29) is 12.1 Å². The molecule has 0 spiro atoms. The van der Waals surface area contributed by atoms with Crippen molar-refractivity contribution in [2.75, 3.05) is 7.11 Å². The van der Waals surface area contributed by atoms with Crippen LogP contribution < -0.4 is 5.32 Å². The topological polar surface area (TPSA) is 98.5 Å². The molecule has 136 valence electrons.